The molecule has 2 aromatic carbocycles. The lowest BCUT2D eigenvalue weighted by Crippen LogP contribution is -2.53. The summed E-state index contributed by atoms with van der Waals surface area (Å²) in [5.41, 5.74) is 1.28. The lowest BCUT2D eigenvalue weighted by atomic mass is 9.94. The van der Waals surface area contributed by atoms with Gasteiger partial charge in [-0.2, -0.15) is 0 Å². The molecule has 2 aliphatic heterocycles. The van der Waals surface area contributed by atoms with Crippen LogP contribution >= 0.6 is 11.6 Å². The predicted octanol–water partition coefficient (Wildman–Crippen LogP) is 3.45. The summed E-state index contributed by atoms with van der Waals surface area (Å²) in [5.74, 6) is -1.28. The summed E-state index contributed by atoms with van der Waals surface area (Å²) in [7, 11) is 1.57. The van der Waals surface area contributed by atoms with Crippen LogP contribution in [0.2, 0.25) is 5.02 Å². The zero-order valence-electron chi connectivity index (χ0n) is 20.2. The van der Waals surface area contributed by atoms with Gasteiger partial charge in [-0.3, -0.25) is 14.6 Å². The number of benzene rings is 2. The Kier molecular flexibility index (Phi) is 7.91. The van der Waals surface area contributed by atoms with Gasteiger partial charge in [0, 0.05) is 51.0 Å². The van der Waals surface area contributed by atoms with Crippen LogP contribution in [0.25, 0.3) is 0 Å². The predicted molar refractivity (Wildman–Crippen MR) is 133 cm³/mol. The number of nitrogens with zero attached hydrogens (tertiary/aromatic N) is 3. The number of piperazine rings is 1. The number of nitrogens with one attached hydrogen (secondary N) is 1. The van der Waals surface area contributed by atoms with E-state index in [1.54, 1.807) is 61.3 Å². The normalized spacial score (nSPS) is 18.8. The van der Waals surface area contributed by atoms with Crippen molar-refractivity contribution in [3.8, 4) is 0 Å². The molecule has 0 spiro atoms. The average molecular weight is 515 g/mol. The third kappa shape index (κ3) is 5.22. The van der Waals surface area contributed by atoms with Crippen LogP contribution in [0.15, 0.2) is 59.8 Å². The van der Waals surface area contributed by atoms with E-state index in [2.05, 4.69) is 10.2 Å². The number of halogens is 2. The first-order valence-electron chi connectivity index (χ1n) is 11.8. The van der Waals surface area contributed by atoms with Crippen LogP contribution in [0, 0.1) is 5.82 Å². The number of amides is 3. The van der Waals surface area contributed by atoms with E-state index in [4.69, 9.17) is 16.3 Å². The molecule has 2 aromatic rings. The van der Waals surface area contributed by atoms with E-state index in [9.17, 15) is 18.8 Å². The maximum Gasteiger partial charge on any atom is 0.338 e. The fourth-order valence-corrected chi connectivity index (χ4v) is 4.68. The topological polar surface area (TPSA) is 82.2 Å². The molecule has 36 heavy (non-hydrogen) atoms. The van der Waals surface area contributed by atoms with E-state index < -0.39 is 23.9 Å². The van der Waals surface area contributed by atoms with Crippen molar-refractivity contribution in [2.45, 2.75) is 13.0 Å². The number of ether oxygens (including phenoxy) is 1. The third-order valence-electron chi connectivity index (χ3n) is 6.43. The highest BCUT2D eigenvalue weighted by Crippen LogP contribution is 2.33. The second kappa shape index (κ2) is 11.1. The van der Waals surface area contributed by atoms with Crippen molar-refractivity contribution in [2.75, 3.05) is 46.4 Å². The van der Waals surface area contributed by atoms with Gasteiger partial charge < -0.3 is 15.0 Å². The summed E-state index contributed by atoms with van der Waals surface area (Å²) in [6.07, 6.45) is 0. The Morgan fingerprint density at radius 3 is 2.42 bits per heavy atom. The maximum atomic E-state index is 14.7. The molecule has 1 saturated heterocycles. The Morgan fingerprint density at radius 1 is 1.08 bits per heavy atom. The van der Waals surface area contributed by atoms with Gasteiger partial charge in [-0.05, 0) is 25.1 Å². The zero-order chi connectivity index (χ0) is 25.8. The lowest BCUT2D eigenvalue weighted by molar-refractivity contribution is -0.139. The summed E-state index contributed by atoms with van der Waals surface area (Å²) in [5, 5.41) is 3.14. The Labute approximate surface area is 214 Å². The zero-order valence-corrected chi connectivity index (χ0v) is 20.9. The van der Waals surface area contributed by atoms with Crippen LogP contribution < -0.4 is 5.32 Å². The standard InChI is InChI=1S/C26H28ClFN4O4/c1-3-36-25(34)22-21(30(2)26(35)29-23(22)18-9-5-7-11-20(18)28)16-31-12-14-32(15-13-31)24(33)17-8-4-6-10-19(17)27/h4-11,23H,3,12-16H2,1-2H3,(H,29,35)/t23-/m1/s1. The van der Waals surface area contributed by atoms with Crippen LogP contribution in [0.1, 0.15) is 28.9 Å². The van der Waals surface area contributed by atoms with E-state index >= 15 is 0 Å². The van der Waals surface area contributed by atoms with Crippen molar-refractivity contribution in [1.29, 1.82) is 0 Å². The molecule has 0 unspecified atom stereocenters. The first-order valence-corrected chi connectivity index (χ1v) is 12.1. The van der Waals surface area contributed by atoms with Crippen LogP contribution in [0.4, 0.5) is 9.18 Å². The van der Waals surface area contributed by atoms with Crippen LogP contribution in [0.5, 0.6) is 0 Å². The minimum Gasteiger partial charge on any atom is -0.463 e. The molecule has 4 rings (SSSR count). The highest BCUT2D eigenvalue weighted by Gasteiger charge is 2.38. The van der Waals surface area contributed by atoms with Crippen molar-refractivity contribution >= 4 is 29.5 Å². The number of rotatable bonds is 6. The van der Waals surface area contributed by atoms with Gasteiger partial charge in [0.1, 0.15) is 5.82 Å². The lowest BCUT2D eigenvalue weighted by Gasteiger charge is -2.39. The van der Waals surface area contributed by atoms with Crippen molar-refractivity contribution in [3.05, 3.63) is 81.8 Å². The molecule has 0 aromatic heterocycles. The number of carbonyl (C=O) groups excluding carboxylic acids is 3. The fourth-order valence-electron chi connectivity index (χ4n) is 4.47. The minimum absolute atomic E-state index is 0.138. The van der Waals surface area contributed by atoms with Gasteiger partial charge in [0.2, 0.25) is 0 Å². The van der Waals surface area contributed by atoms with Gasteiger partial charge >= 0.3 is 12.0 Å². The van der Waals surface area contributed by atoms with Gasteiger partial charge in [0.05, 0.1) is 28.8 Å². The van der Waals surface area contributed by atoms with Gasteiger partial charge in [0.15, 0.2) is 0 Å². The van der Waals surface area contributed by atoms with Gasteiger partial charge in [0.25, 0.3) is 5.91 Å². The van der Waals surface area contributed by atoms with E-state index in [0.717, 1.165) is 0 Å². The van der Waals surface area contributed by atoms with E-state index in [1.807, 2.05) is 0 Å². The van der Waals surface area contributed by atoms with E-state index in [-0.39, 0.29) is 30.2 Å². The number of likely N-dealkylation sites (N-methyl/N-ethyl adjacent to an activating group) is 1. The molecule has 0 aliphatic carbocycles. The molecule has 0 radical (unpaired) electrons. The summed E-state index contributed by atoms with van der Waals surface area (Å²) in [4.78, 5) is 43.9. The molecule has 3 amide bonds. The quantitative estimate of drug-likeness (QED) is 0.597. The van der Waals surface area contributed by atoms with Crippen molar-refractivity contribution in [1.82, 2.24) is 20.0 Å². The molecule has 1 atom stereocenters. The number of carbonyl (C=O) groups is 3. The number of hydrogen-bond donors (Lipinski definition) is 1. The average Bonchev–Trinajstić information content (AvgIpc) is 2.87. The summed E-state index contributed by atoms with van der Waals surface area (Å²) >= 11 is 6.19. The Morgan fingerprint density at radius 2 is 1.75 bits per heavy atom. The van der Waals surface area contributed by atoms with Crippen LogP contribution in [-0.2, 0) is 9.53 Å². The molecule has 2 heterocycles. The van der Waals surface area contributed by atoms with Crippen molar-refractivity contribution in [2.24, 2.45) is 0 Å². The Balaban J connectivity index is 1.58. The molecule has 0 saturated carbocycles. The van der Waals surface area contributed by atoms with E-state index in [1.165, 1.54) is 11.0 Å². The third-order valence-corrected chi connectivity index (χ3v) is 6.76. The monoisotopic (exact) mass is 514 g/mol. The largest absolute Gasteiger partial charge is 0.463 e. The molecular weight excluding hydrogens is 487 g/mol. The first kappa shape index (κ1) is 25.7. The second-order valence-electron chi connectivity index (χ2n) is 8.59. The maximum absolute atomic E-state index is 14.7. The van der Waals surface area contributed by atoms with E-state index in [0.29, 0.717) is 42.5 Å². The SMILES string of the molecule is CCOC(=O)C1=C(CN2CCN(C(=O)c3ccccc3Cl)CC2)N(C)C(=O)N[C@@H]1c1ccccc1F. The van der Waals surface area contributed by atoms with Crippen LogP contribution in [-0.4, -0.2) is 79.0 Å². The first-order chi connectivity index (χ1) is 17.3. The highest BCUT2D eigenvalue weighted by atomic mass is 35.5. The van der Waals surface area contributed by atoms with Gasteiger partial charge in [-0.1, -0.05) is 41.9 Å². The molecule has 1 fully saturated rings. The molecule has 1 N–H and O–H groups in total. The molecule has 0 bridgehead atoms. The number of hydrogen-bond acceptors (Lipinski definition) is 5. The van der Waals surface area contributed by atoms with Crippen molar-refractivity contribution < 1.29 is 23.5 Å². The smallest absolute Gasteiger partial charge is 0.338 e. The fraction of sp³-hybridized carbons (Fsp3) is 0.346. The molecule has 10 heteroatoms. The number of urea groups is 1. The molecule has 8 nitrogen and oxygen atoms in total. The summed E-state index contributed by atoms with van der Waals surface area (Å²) < 4.78 is 20.0. The van der Waals surface area contributed by atoms with Crippen LogP contribution in [0.3, 0.4) is 0 Å². The minimum atomic E-state index is -0.980. The highest BCUT2D eigenvalue weighted by molar-refractivity contribution is 6.33. The van der Waals surface area contributed by atoms with Gasteiger partial charge in [-0.15, -0.1) is 0 Å². The Bertz CT molecular complexity index is 1200. The Hall–Kier alpha value is -3.43. The molecule has 2 aliphatic rings. The summed E-state index contributed by atoms with van der Waals surface area (Å²) in [6.45, 7) is 4.05. The number of esters is 1. The molecular formula is C26H28ClFN4O4. The molecule has 190 valence electrons. The van der Waals surface area contributed by atoms with Crippen molar-refractivity contribution in [3.63, 3.8) is 0 Å². The second-order valence-corrected chi connectivity index (χ2v) is 9.00. The summed E-state index contributed by atoms with van der Waals surface area (Å²) in [6, 6.07) is 11.5. The van der Waals surface area contributed by atoms with Gasteiger partial charge in [-0.25, -0.2) is 14.0 Å².